The van der Waals surface area contributed by atoms with Crippen LogP contribution in [0.5, 0.6) is 0 Å². The van der Waals surface area contributed by atoms with Gasteiger partial charge in [-0.05, 0) is 43.2 Å². The first-order valence-electron chi connectivity index (χ1n) is 7.40. The predicted octanol–water partition coefficient (Wildman–Crippen LogP) is 1.46. The maximum absolute atomic E-state index is 12.6. The van der Waals surface area contributed by atoms with Gasteiger partial charge < -0.3 is 5.73 Å². The number of fused-ring (bicyclic) bond motifs is 2. The molecule has 5 heteroatoms. The highest BCUT2D eigenvalue weighted by Gasteiger charge is 2.41. The molecule has 1 aromatic carbocycles. The summed E-state index contributed by atoms with van der Waals surface area (Å²) < 4.78 is 28.2. The van der Waals surface area contributed by atoms with Gasteiger partial charge in [0, 0.05) is 11.6 Å². The zero-order chi connectivity index (χ0) is 14.9. The second kappa shape index (κ2) is 5.80. The van der Waals surface area contributed by atoms with E-state index in [4.69, 9.17) is 5.73 Å². The number of sulfonamides is 1. The van der Waals surface area contributed by atoms with Crippen molar-refractivity contribution < 1.29 is 8.42 Å². The fourth-order valence-corrected chi connectivity index (χ4v) is 5.08. The normalized spacial score (nSPS) is 27.4. The van der Waals surface area contributed by atoms with Crippen molar-refractivity contribution in [1.29, 1.82) is 0 Å². The van der Waals surface area contributed by atoms with E-state index < -0.39 is 10.0 Å². The third-order valence-electron chi connectivity index (χ3n) is 4.55. The lowest BCUT2D eigenvalue weighted by Crippen LogP contribution is -2.38. The van der Waals surface area contributed by atoms with Crippen LogP contribution in [-0.4, -0.2) is 21.0 Å². The van der Waals surface area contributed by atoms with Crippen molar-refractivity contribution in [2.24, 2.45) is 17.6 Å². The Labute approximate surface area is 126 Å². The van der Waals surface area contributed by atoms with Gasteiger partial charge in [-0.25, -0.2) is 13.1 Å². The molecule has 0 amide bonds. The number of hydrogen-bond acceptors (Lipinski definition) is 3. The van der Waals surface area contributed by atoms with Crippen LogP contribution in [0.25, 0.3) is 0 Å². The SMILES string of the molecule is NCC#Cc1ccccc1S(=O)(=O)NC1CC2CCC1C2. The minimum absolute atomic E-state index is 0.0873. The average Bonchev–Trinajstić information content (AvgIpc) is 3.07. The fraction of sp³-hybridized carbons (Fsp3) is 0.500. The highest BCUT2D eigenvalue weighted by molar-refractivity contribution is 7.89. The first-order chi connectivity index (χ1) is 10.1. The summed E-state index contributed by atoms with van der Waals surface area (Å²) >= 11 is 0. The van der Waals surface area contributed by atoms with Crippen molar-refractivity contribution in [2.45, 2.75) is 36.6 Å². The van der Waals surface area contributed by atoms with Crippen LogP contribution in [0.1, 0.15) is 31.2 Å². The summed E-state index contributed by atoms with van der Waals surface area (Å²) in [5, 5.41) is 0. The molecule has 21 heavy (non-hydrogen) atoms. The monoisotopic (exact) mass is 304 g/mol. The van der Waals surface area contributed by atoms with Gasteiger partial charge in [0.2, 0.25) is 10.0 Å². The summed E-state index contributed by atoms with van der Waals surface area (Å²) in [6.07, 6.45) is 4.54. The average molecular weight is 304 g/mol. The molecule has 1 aromatic rings. The molecule has 0 radical (unpaired) electrons. The molecule has 0 aromatic heterocycles. The van der Waals surface area contributed by atoms with Gasteiger partial charge in [0.05, 0.1) is 11.4 Å². The third kappa shape index (κ3) is 2.98. The van der Waals surface area contributed by atoms with E-state index in [-0.39, 0.29) is 17.5 Å². The molecular weight excluding hydrogens is 284 g/mol. The lowest BCUT2D eigenvalue weighted by atomic mass is 9.96. The first-order valence-corrected chi connectivity index (χ1v) is 8.89. The van der Waals surface area contributed by atoms with E-state index in [0.29, 0.717) is 17.4 Å². The number of benzene rings is 1. The van der Waals surface area contributed by atoms with Crippen molar-refractivity contribution in [3.8, 4) is 11.8 Å². The van der Waals surface area contributed by atoms with Crippen molar-refractivity contribution in [3.63, 3.8) is 0 Å². The molecule has 3 unspecified atom stereocenters. The fourth-order valence-electron chi connectivity index (χ4n) is 3.60. The maximum Gasteiger partial charge on any atom is 0.242 e. The van der Waals surface area contributed by atoms with Gasteiger partial charge in [-0.2, -0.15) is 0 Å². The Kier molecular flexibility index (Phi) is 4.03. The summed E-state index contributed by atoms with van der Waals surface area (Å²) in [6, 6.07) is 6.93. The Bertz CT molecular complexity index is 688. The van der Waals surface area contributed by atoms with E-state index in [2.05, 4.69) is 16.6 Å². The second-order valence-electron chi connectivity index (χ2n) is 5.90. The molecular formula is C16H20N2O2S. The molecule has 0 spiro atoms. The van der Waals surface area contributed by atoms with E-state index in [1.807, 2.05) is 0 Å². The topological polar surface area (TPSA) is 72.2 Å². The highest BCUT2D eigenvalue weighted by Crippen LogP contribution is 2.44. The Morgan fingerprint density at radius 1 is 1.24 bits per heavy atom. The molecule has 2 saturated carbocycles. The van der Waals surface area contributed by atoms with Crippen molar-refractivity contribution in [3.05, 3.63) is 29.8 Å². The van der Waals surface area contributed by atoms with Crippen LogP contribution in [0.4, 0.5) is 0 Å². The number of hydrogen-bond donors (Lipinski definition) is 2. The van der Waals surface area contributed by atoms with Gasteiger partial charge in [0.15, 0.2) is 0 Å². The van der Waals surface area contributed by atoms with E-state index in [0.717, 1.165) is 12.8 Å². The first kappa shape index (κ1) is 14.6. The zero-order valence-electron chi connectivity index (χ0n) is 11.9. The quantitative estimate of drug-likeness (QED) is 0.831. The molecule has 2 bridgehead atoms. The van der Waals surface area contributed by atoms with Crippen LogP contribution in [0.3, 0.4) is 0 Å². The lowest BCUT2D eigenvalue weighted by Gasteiger charge is -2.23. The molecule has 2 aliphatic carbocycles. The van der Waals surface area contributed by atoms with Crippen LogP contribution in [-0.2, 0) is 10.0 Å². The van der Waals surface area contributed by atoms with Gasteiger partial charge in [-0.3, -0.25) is 0 Å². The predicted molar refractivity (Wildman–Crippen MR) is 81.9 cm³/mol. The third-order valence-corrected chi connectivity index (χ3v) is 6.09. The minimum Gasteiger partial charge on any atom is -0.320 e. The van der Waals surface area contributed by atoms with E-state index in [9.17, 15) is 8.42 Å². The van der Waals surface area contributed by atoms with Crippen LogP contribution in [0.15, 0.2) is 29.2 Å². The highest BCUT2D eigenvalue weighted by atomic mass is 32.2. The molecule has 0 aliphatic heterocycles. The van der Waals surface area contributed by atoms with Crippen LogP contribution < -0.4 is 10.5 Å². The van der Waals surface area contributed by atoms with Gasteiger partial charge >= 0.3 is 0 Å². The minimum atomic E-state index is -3.52. The summed E-state index contributed by atoms with van der Waals surface area (Å²) in [5.41, 5.74) is 5.88. The van der Waals surface area contributed by atoms with Gasteiger partial charge in [0.25, 0.3) is 0 Å². The second-order valence-corrected chi connectivity index (χ2v) is 7.59. The van der Waals surface area contributed by atoms with Crippen molar-refractivity contribution >= 4 is 10.0 Å². The molecule has 2 fully saturated rings. The molecule has 112 valence electrons. The number of nitrogens with two attached hydrogens (primary N) is 1. The number of nitrogens with one attached hydrogen (secondary N) is 1. The molecule has 0 heterocycles. The molecule has 3 N–H and O–H groups in total. The Morgan fingerprint density at radius 2 is 2.05 bits per heavy atom. The van der Waals surface area contributed by atoms with Crippen LogP contribution in [0, 0.1) is 23.7 Å². The van der Waals surface area contributed by atoms with Crippen LogP contribution >= 0.6 is 0 Å². The lowest BCUT2D eigenvalue weighted by molar-refractivity contribution is 0.390. The molecule has 3 atom stereocenters. The van der Waals surface area contributed by atoms with Crippen molar-refractivity contribution in [2.75, 3.05) is 6.54 Å². The summed E-state index contributed by atoms with van der Waals surface area (Å²) in [5.74, 6) is 6.78. The van der Waals surface area contributed by atoms with Crippen molar-refractivity contribution in [1.82, 2.24) is 4.72 Å². The molecule has 3 rings (SSSR count). The van der Waals surface area contributed by atoms with Crippen LogP contribution in [0.2, 0.25) is 0 Å². The molecule has 4 nitrogen and oxygen atoms in total. The van der Waals surface area contributed by atoms with Gasteiger partial charge in [0.1, 0.15) is 0 Å². The Balaban J connectivity index is 1.85. The smallest absolute Gasteiger partial charge is 0.242 e. The number of rotatable bonds is 3. The van der Waals surface area contributed by atoms with Gasteiger partial charge in [-0.1, -0.05) is 30.4 Å². The summed E-state index contributed by atoms with van der Waals surface area (Å²) in [4.78, 5) is 0.258. The van der Waals surface area contributed by atoms with E-state index in [1.165, 1.54) is 12.8 Å². The Hall–Kier alpha value is -1.35. The summed E-state index contributed by atoms with van der Waals surface area (Å²) in [6.45, 7) is 0.216. The molecule has 2 aliphatic rings. The standard InChI is InChI=1S/C16H20N2O2S/c17-9-3-5-13-4-1-2-6-16(13)21(19,20)18-15-11-12-7-8-14(15)10-12/h1-2,4,6,12,14-15,18H,7-11,17H2. The largest absolute Gasteiger partial charge is 0.320 e. The maximum atomic E-state index is 12.6. The van der Waals surface area contributed by atoms with E-state index >= 15 is 0 Å². The summed E-state index contributed by atoms with van der Waals surface area (Å²) in [7, 11) is -3.52. The Morgan fingerprint density at radius 3 is 2.71 bits per heavy atom. The van der Waals surface area contributed by atoms with E-state index in [1.54, 1.807) is 24.3 Å². The van der Waals surface area contributed by atoms with Gasteiger partial charge in [-0.15, -0.1) is 0 Å². The zero-order valence-corrected chi connectivity index (χ0v) is 12.7. The molecule has 0 saturated heterocycles.